The van der Waals surface area contributed by atoms with Crippen molar-refractivity contribution in [3.8, 4) is 0 Å². The zero-order valence-corrected chi connectivity index (χ0v) is 11.0. The highest BCUT2D eigenvalue weighted by atomic mass is 35.5. The third kappa shape index (κ3) is 2.66. The fourth-order valence-corrected chi connectivity index (χ4v) is 2.71. The average molecular weight is 283 g/mol. The number of carbonyl (C=O) groups excluding carboxylic acids is 1. The molecule has 0 bridgehead atoms. The maximum atomic E-state index is 11.4. The Morgan fingerprint density at radius 2 is 1.95 bits per heavy atom. The number of amides is 1. The molecule has 0 atom stereocenters. The van der Waals surface area contributed by atoms with Crippen LogP contribution >= 0.6 is 11.6 Å². The van der Waals surface area contributed by atoms with Crippen LogP contribution in [0.3, 0.4) is 0 Å². The molecule has 0 spiro atoms. The summed E-state index contributed by atoms with van der Waals surface area (Å²) in [6, 6.07) is 4.65. The number of anilines is 1. The number of aliphatic carboxylic acids is 1. The van der Waals surface area contributed by atoms with Gasteiger partial charge in [0.2, 0.25) is 5.91 Å². The Bertz CT molecular complexity index is 525. The van der Waals surface area contributed by atoms with Gasteiger partial charge >= 0.3 is 5.97 Å². The lowest BCUT2D eigenvalue weighted by Crippen LogP contribution is -2.43. The highest BCUT2D eigenvalue weighted by Crippen LogP contribution is 2.34. The van der Waals surface area contributed by atoms with Crippen molar-refractivity contribution in [3.63, 3.8) is 0 Å². The predicted octanol–water partition coefficient (Wildman–Crippen LogP) is 2.25. The molecule has 0 radical (unpaired) electrons. The molecule has 1 amide bonds. The Morgan fingerprint density at radius 3 is 2.42 bits per heavy atom. The molecule has 1 fully saturated rings. The van der Waals surface area contributed by atoms with Crippen LogP contribution in [0.5, 0.6) is 0 Å². The van der Waals surface area contributed by atoms with Crippen LogP contribution < -0.4 is 11.1 Å². The van der Waals surface area contributed by atoms with Crippen LogP contribution in [0.15, 0.2) is 18.2 Å². The largest absolute Gasteiger partial charge is 0.480 e. The van der Waals surface area contributed by atoms with Gasteiger partial charge in [0.05, 0.1) is 10.6 Å². The zero-order chi connectivity index (χ0) is 14.0. The zero-order valence-electron chi connectivity index (χ0n) is 10.3. The van der Waals surface area contributed by atoms with Gasteiger partial charge in [0.1, 0.15) is 5.54 Å². The molecule has 0 aromatic heterocycles. The molecule has 1 aromatic rings. The van der Waals surface area contributed by atoms with Gasteiger partial charge in [-0.05, 0) is 31.0 Å². The molecule has 1 aromatic carbocycles. The van der Waals surface area contributed by atoms with Crippen molar-refractivity contribution in [2.75, 3.05) is 5.32 Å². The van der Waals surface area contributed by atoms with Gasteiger partial charge < -0.3 is 16.2 Å². The lowest BCUT2D eigenvalue weighted by atomic mass is 9.97. The van der Waals surface area contributed by atoms with E-state index in [0.29, 0.717) is 18.5 Å². The number of benzene rings is 1. The summed E-state index contributed by atoms with van der Waals surface area (Å²) in [6.07, 6.45) is 2.92. The summed E-state index contributed by atoms with van der Waals surface area (Å²) in [5.74, 6) is -1.47. The van der Waals surface area contributed by atoms with Crippen LogP contribution in [-0.4, -0.2) is 22.5 Å². The Morgan fingerprint density at radius 1 is 1.32 bits per heavy atom. The van der Waals surface area contributed by atoms with Crippen LogP contribution in [0.4, 0.5) is 5.69 Å². The number of nitrogens with two attached hydrogens (primary N) is 1. The summed E-state index contributed by atoms with van der Waals surface area (Å²) in [5, 5.41) is 12.6. The van der Waals surface area contributed by atoms with Crippen molar-refractivity contribution in [1.82, 2.24) is 0 Å². The van der Waals surface area contributed by atoms with E-state index in [2.05, 4.69) is 5.32 Å². The summed E-state index contributed by atoms with van der Waals surface area (Å²) >= 11 is 5.95. The molecule has 4 N–H and O–H groups in total. The van der Waals surface area contributed by atoms with Crippen LogP contribution in [0, 0.1) is 0 Å². The van der Waals surface area contributed by atoms with E-state index in [1.165, 1.54) is 12.1 Å². The number of hydrogen-bond acceptors (Lipinski definition) is 3. The van der Waals surface area contributed by atoms with Gasteiger partial charge in [0.15, 0.2) is 0 Å². The van der Waals surface area contributed by atoms with E-state index in [9.17, 15) is 14.7 Å². The minimum Gasteiger partial charge on any atom is -0.480 e. The Kier molecular flexibility index (Phi) is 3.66. The van der Waals surface area contributed by atoms with Crippen LogP contribution in [0.25, 0.3) is 0 Å². The summed E-state index contributed by atoms with van der Waals surface area (Å²) in [7, 11) is 0. The molecule has 19 heavy (non-hydrogen) atoms. The molecule has 6 heteroatoms. The molecule has 102 valence electrons. The molecule has 1 saturated carbocycles. The predicted molar refractivity (Wildman–Crippen MR) is 72.4 cm³/mol. The number of halogens is 1. The van der Waals surface area contributed by atoms with Gasteiger partial charge in [0.25, 0.3) is 0 Å². The normalized spacial score (nSPS) is 17.1. The molecule has 0 unspecified atom stereocenters. The standard InChI is InChI=1S/C13H15ClN2O3/c14-10-7-8(3-4-9(10)11(15)17)16-13(12(18)19)5-1-2-6-13/h3-4,7,16H,1-2,5-6H2,(H2,15,17)(H,18,19). The smallest absolute Gasteiger partial charge is 0.329 e. The topological polar surface area (TPSA) is 92.4 Å². The summed E-state index contributed by atoms with van der Waals surface area (Å²) in [5.41, 5.74) is 5.04. The molecule has 5 nitrogen and oxygen atoms in total. The van der Waals surface area contributed by atoms with Gasteiger partial charge in [-0.3, -0.25) is 4.79 Å². The number of carboxylic acids is 1. The van der Waals surface area contributed by atoms with Gasteiger partial charge in [-0.1, -0.05) is 24.4 Å². The molecule has 0 heterocycles. The Balaban J connectivity index is 2.26. The van der Waals surface area contributed by atoms with E-state index < -0.39 is 17.4 Å². The van der Waals surface area contributed by atoms with Crippen molar-refractivity contribution in [2.45, 2.75) is 31.2 Å². The lowest BCUT2D eigenvalue weighted by Gasteiger charge is -2.26. The first-order valence-corrected chi connectivity index (χ1v) is 6.43. The quantitative estimate of drug-likeness (QED) is 0.790. The highest BCUT2D eigenvalue weighted by Gasteiger charge is 2.41. The summed E-state index contributed by atoms with van der Waals surface area (Å²) < 4.78 is 0. The van der Waals surface area contributed by atoms with Crippen LogP contribution in [0.1, 0.15) is 36.0 Å². The molecule has 0 aliphatic heterocycles. The first-order chi connectivity index (χ1) is 8.94. The Hall–Kier alpha value is -1.75. The van der Waals surface area contributed by atoms with Crippen molar-refractivity contribution in [3.05, 3.63) is 28.8 Å². The molecule has 1 aliphatic rings. The minimum absolute atomic E-state index is 0.219. The number of hydrogen-bond donors (Lipinski definition) is 3. The van der Waals surface area contributed by atoms with E-state index >= 15 is 0 Å². The number of rotatable bonds is 4. The van der Waals surface area contributed by atoms with E-state index in [4.69, 9.17) is 17.3 Å². The summed E-state index contributed by atoms with van der Waals surface area (Å²) in [4.78, 5) is 22.5. The van der Waals surface area contributed by atoms with Crippen molar-refractivity contribution < 1.29 is 14.7 Å². The SMILES string of the molecule is NC(=O)c1ccc(NC2(C(=O)O)CCCC2)cc1Cl. The second-order valence-electron chi connectivity index (χ2n) is 4.78. The molecule has 2 rings (SSSR count). The third-order valence-electron chi connectivity index (χ3n) is 3.48. The average Bonchev–Trinajstić information content (AvgIpc) is 2.78. The third-order valence-corrected chi connectivity index (χ3v) is 3.80. The summed E-state index contributed by atoms with van der Waals surface area (Å²) in [6.45, 7) is 0. The monoisotopic (exact) mass is 282 g/mol. The molecular weight excluding hydrogens is 268 g/mol. The van der Waals surface area contributed by atoms with Crippen molar-refractivity contribution >= 4 is 29.2 Å². The minimum atomic E-state index is -0.933. The van der Waals surface area contributed by atoms with Gasteiger partial charge in [-0.2, -0.15) is 0 Å². The van der Waals surface area contributed by atoms with Gasteiger partial charge in [-0.25, -0.2) is 4.79 Å². The fourth-order valence-electron chi connectivity index (χ4n) is 2.44. The molecular formula is C13H15ClN2O3. The second-order valence-corrected chi connectivity index (χ2v) is 5.19. The first kappa shape index (κ1) is 13.7. The van der Waals surface area contributed by atoms with Gasteiger partial charge in [-0.15, -0.1) is 0 Å². The molecule has 1 aliphatic carbocycles. The number of primary amides is 1. The van der Waals surface area contributed by atoms with E-state index in [1.807, 2.05) is 0 Å². The Labute approximate surface area is 115 Å². The van der Waals surface area contributed by atoms with E-state index in [0.717, 1.165) is 12.8 Å². The number of carbonyl (C=O) groups is 2. The maximum Gasteiger partial charge on any atom is 0.329 e. The van der Waals surface area contributed by atoms with E-state index in [-0.39, 0.29) is 10.6 Å². The maximum absolute atomic E-state index is 11.4. The van der Waals surface area contributed by atoms with Crippen LogP contribution in [0.2, 0.25) is 5.02 Å². The highest BCUT2D eigenvalue weighted by molar-refractivity contribution is 6.34. The van der Waals surface area contributed by atoms with E-state index in [1.54, 1.807) is 6.07 Å². The van der Waals surface area contributed by atoms with Crippen molar-refractivity contribution in [1.29, 1.82) is 0 Å². The second kappa shape index (κ2) is 5.09. The molecule has 0 saturated heterocycles. The van der Waals surface area contributed by atoms with Gasteiger partial charge in [0, 0.05) is 5.69 Å². The van der Waals surface area contributed by atoms with Crippen molar-refractivity contribution in [2.24, 2.45) is 5.73 Å². The fraction of sp³-hybridized carbons (Fsp3) is 0.385. The number of carboxylic acid groups (broad SMARTS) is 1. The first-order valence-electron chi connectivity index (χ1n) is 6.05. The lowest BCUT2D eigenvalue weighted by molar-refractivity contribution is -0.142. The number of nitrogens with one attached hydrogen (secondary N) is 1. The van der Waals surface area contributed by atoms with Crippen LogP contribution in [-0.2, 0) is 4.79 Å².